The Labute approximate surface area is 121 Å². The number of benzene rings is 1. The van der Waals surface area contributed by atoms with Gasteiger partial charge in [-0.05, 0) is 49.1 Å². The molecular weight excluding hydrogens is 266 g/mol. The third-order valence-corrected chi connectivity index (χ3v) is 4.66. The smallest absolute Gasteiger partial charge is 0.126 e. The highest BCUT2D eigenvalue weighted by Crippen LogP contribution is 2.32. The molecule has 0 radical (unpaired) electrons. The molecule has 3 aromatic rings. The molecule has 0 unspecified atom stereocenters. The summed E-state index contributed by atoms with van der Waals surface area (Å²) in [6, 6.07) is 10.4. The summed E-state index contributed by atoms with van der Waals surface area (Å²) in [5, 5.41) is 4.55. The Hall–Kier alpha value is -1.94. The molecule has 1 aliphatic rings. The maximum atomic E-state index is 4.68. The van der Waals surface area contributed by atoms with Gasteiger partial charge in [-0.25, -0.2) is 4.98 Å². The van der Waals surface area contributed by atoms with Crippen molar-refractivity contribution in [2.24, 2.45) is 5.92 Å². The van der Waals surface area contributed by atoms with E-state index in [1.54, 1.807) is 17.5 Å². The lowest BCUT2D eigenvalue weighted by atomic mass is 10.3. The van der Waals surface area contributed by atoms with Crippen molar-refractivity contribution in [3.63, 3.8) is 0 Å². The maximum absolute atomic E-state index is 4.68. The van der Waals surface area contributed by atoms with Gasteiger partial charge < -0.3 is 5.32 Å². The number of fused-ring (bicyclic) bond motifs is 1. The molecule has 0 spiro atoms. The molecule has 1 saturated carbocycles. The van der Waals surface area contributed by atoms with Crippen LogP contribution in [-0.2, 0) is 0 Å². The van der Waals surface area contributed by atoms with Gasteiger partial charge in [0.25, 0.3) is 0 Å². The molecule has 100 valence electrons. The van der Waals surface area contributed by atoms with Crippen LogP contribution in [0.4, 0.5) is 5.69 Å². The maximum Gasteiger partial charge on any atom is 0.126 e. The molecule has 4 rings (SSSR count). The van der Waals surface area contributed by atoms with Crippen molar-refractivity contribution >= 4 is 27.2 Å². The van der Waals surface area contributed by atoms with Crippen molar-refractivity contribution < 1.29 is 0 Å². The average Bonchev–Trinajstić information content (AvgIpc) is 3.23. The molecule has 1 N–H and O–H groups in total. The highest BCUT2D eigenvalue weighted by atomic mass is 32.1. The van der Waals surface area contributed by atoms with E-state index in [9.17, 15) is 0 Å². The van der Waals surface area contributed by atoms with Crippen LogP contribution in [0, 0.1) is 5.92 Å². The van der Waals surface area contributed by atoms with E-state index in [-0.39, 0.29) is 0 Å². The second-order valence-corrected chi connectivity index (χ2v) is 6.30. The summed E-state index contributed by atoms with van der Waals surface area (Å²) in [7, 11) is 0. The summed E-state index contributed by atoms with van der Waals surface area (Å²) in [5.41, 5.74) is 3.35. The minimum absolute atomic E-state index is 0.887. The number of thiazole rings is 1. The lowest BCUT2D eigenvalue weighted by Crippen LogP contribution is -2.02. The van der Waals surface area contributed by atoms with E-state index in [0.717, 1.165) is 28.6 Å². The molecule has 1 aromatic carbocycles. The van der Waals surface area contributed by atoms with Crippen LogP contribution in [0.5, 0.6) is 0 Å². The van der Waals surface area contributed by atoms with Crippen LogP contribution in [0.3, 0.4) is 0 Å². The first kappa shape index (κ1) is 11.9. The second-order valence-electron chi connectivity index (χ2n) is 5.27. The van der Waals surface area contributed by atoms with Crippen molar-refractivity contribution in [1.82, 2.24) is 9.97 Å². The Morgan fingerprint density at radius 1 is 1.25 bits per heavy atom. The predicted molar refractivity (Wildman–Crippen MR) is 84.1 cm³/mol. The van der Waals surface area contributed by atoms with Gasteiger partial charge in [0.15, 0.2) is 0 Å². The van der Waals surface area contributed by atoms with Gasteiger partial charge in [0, 0.05) is 30.2 Å². The van der Waals surface area contributed by atoms with Crippen molar-refractivity contribution in [2.75, 3.05) is 11.9 Å². The van der Waals surface area contributed by atoms with Crippen LogP contribution >= 0.6 is 11.3 Å². The highest BCUT2D eigenvalue weighted by Gasteiger charge is 2.20. The first-order chi connectivity index (χ1) is 9.88. The number of nitrogens with one attached hydrogen (secondary N) is 1. The number of aromatic nitrogens is 2. The van der Waals surface area contributed by atoms with Gasteiger partial charge in [0.2, 0.25) is 0 Å². The number of rotatable bonds is 4. The largest absolute Gasteiger partial charge is 0.385 e. The Balaban J connectivity index is 1.64. The van der Waals surface area contributed by atoms with Gasteiger partial charge in [-0.3, -0.25) is 4.98 Å². The summed E-state index contributed by atoms with van der Waals surface area (Å²) in [4.78, 5) is 8.84. The predicted octanol–water partition coefficient (Wildman–Crippen LogP) is 4.18. The molecule has 0 bridgehead atoms. The van der Waals surface area contributed by atoms with E-state index < -0.39 is 0 Å². The zero-order chi connectivity index (χ0) is 13.4. The number of hydrogen-bond donors (Lipinski definition) is 1. The minimum atomic E-state index is 0.887. The van der Waals surface area contributed by atoms with Crippen molar-refractivity contribution in [2.45, 2.75) is 12.8 Å². The average molecular weight is 281 g/mol. The molecule has 1 fully saturated rings. The summed E-state index contributed by atoms with van der Waals surface area (Å²) in [6.07, 6.45) is 6.41. The molecule has 1 aliphatic carbocycles. The van der Waals surface area contributed by atoms with E-state index >= 15 is 0 Å². The SMILES string of the molecule is c1cncc(-c2nc3ccc(NCC4CC4)cc3s2)c1. The summed E-state index contributed by atoms with van der Waals surface area (Å²) >= 11 is 1.72. The van der Waals surface area contributed by atoms with Crippen LogP contribution in [0.2, 0.25) is 0 Å². The third kappa shape index (κ3) is 2.39. The highest BCUT2D eigenvalue weighted by molar-refractivity contribution is 7.21. The second kappa shape index (κ2) is 4.87. The number of hydrogen-bond acceptors (Lipinski definition) is 4. The third-order valence-electron chi connectivity index (χ3n) is 3.59. The first-order valence-corrected chi connectivity index (χ1v) is 7.75. The molecular formula is C16H15N3S. The molecule has 0 saturated heterocycles. The summed E-state index contributed by atoms with van der Waals surface area (Å²) < 4.78 is 1.23. The van der Waals surface area contributed by atoms with Gasteiger partial charge >= 0.3 is 0 Å². The minimum Gasteiger partial charge on any atom is -0.385 e. The molecule has 20 heavy (non-hydrogen) atoms. The summed E-state index contributed by atoms with van der Waals surface area (Å²) in [5.74, 6) is 0.887. The quantitative estimate of drug-likeness (QED) is 0.779. The lowest BCUT2D eigenvalue weighted by Gasteiger charge is -2.04. The van der Waals surface area contributed by atoms with Gasteiger partial charge in [0.05, 0.1) is 10.2 Å². The van der Waals surface area contributed by atoms with Crippen LogP contribution < -0.4 is 5.32 Å². The Morgan fingerprint density at radius 3 is 3.00 bits per heavy atom. The van der Waals surface area contributed by atoms with Crippen molar-refractivity contribution in [3.05, 3.63) is 42.7 Å². The van der Waals surface area contributed by atoms with Gasteiger partial charge in [-0.2, -0.15) is 0 Å². The fourth-order valence-corrected chi connectivity index (χ4v) is 3.23. The molecule has 3 nitrogen and oxygen atoms in total. The number of anilines is 1. The Bertz CT molecular complexity index is 732. The first-order valence-electron chi connectivity index (χ1n) is 6.93. The molecule has 0 amide bonds. The zero-order valence-electron chi connectivity index (χ0n) is 11.0. The van der Waals surface area contributed by atoms with Crippen LogP contribution in [0.15, 0.2) is 42.7 Å². The van der Waals surface area contributed by atoms with Gasteiger partial charge in [-0.1, -0.05) is 0 Å². The number of nitrogens with zero attached hydrogens (tertiary/aromatic N) is 2. The Morgan fingerprint density at radius 2 is 2.20 bits per heavy atom. The van der Waals surface area contributed by atoms with Crippen molar-refractivity contribution in [1.29, 1.82) is 0 Å². The topological polar surface area (TPSA) is 37.8 Å². The van der Waals surface area contributed by atoms with E-state index in [1.807, 2.05) is 12.3 Å². The molecule has 0 aliphatic heterocycles. The van der Waals surface area contributed by atoms with Crippen LogP contribution in [-0.4, -0.2) is 16.5 Å². The van der Waals surface area contributed by atoms with E-state index in [1.165, 1.54) is 23.2 Å². The zero-order valence-corrected chi connectivity index (χ0v) is 11.9. The molecule has 2 heterocycles. The van der Waals surface area contributed by atoms with E-state index in [0.29, 0.717) is 0 Å². The number of pyridine rings is 1. The molecule has 2 aromatic heterocycles. The fraction of sp³-hybridized carbons (Fsp3) is 0.250. The summed E-state index contributed by atoms with van der Waals surface area (Å²) in [6.45, 7) is 1.10. The Kier molecular flexibility index (Phi) is 2.89. The van der Waals surface area contributed by atoms with Crippen molar-refractivity contribution in [3.8, 4) is 10.6 Å². The lowest BCUT2D eigenvalue weighted by molar-refractivity contribution is 0.890. The van der Waals surface area contributed by atoms with Crippen LogP contribution in [0.25, 0.3) is 20.8 Å². The monoisotopic (exact) mass is 281 g/mol. The van der Waals surface area contributed by atoms with Gasteiger partial charge in [0.1, 0.15) is 5.01 Å². The fourth-order valence-electron chi connectivity index (χ4n) is 2.23. The standard InChI is InChI=1S/C16H15N3S/c1-2-12(10-17-7-1)16-19-14-6-5-13(8-15(14)20-16)18-9-11-3-4-11/h1-2,5-8,10-11,18H,3-4,9H2. The van der Waals surface area contributed by atoms with E-state index in [4.69, 9.17) is 0 Å². The molecule has 0 atom stereocenters. The normalized spacial score (nSPS) is 14.6. The molecule has 4 heteroatoms. The van der Waals surface area contributed by atoms with E-state index in [2.05, 4.69) is 39.6 Å². The van der Waals surface area contributed by atoms with Crippen LogP contribution in [0.1, 0.15) is 12.8 Å². The van der Waals surface area contributed by atoms with Gasteiger partial charge in [-0.15, -0.1) is 11.3 Å².